The molecule has 3 rings (SSSR count). The van der Waals surface area contributed by atoms with Crippen molar-refractivity contribution in [1.29, 1.82) is 0 Å². The molecule has 0 bridgehead atoms. The van der Waals surface area contributed by atoms with Crippen molar-refractivity contribution in [2.24, 2.45) is 0 Å². The lowest BCUT2D eigenvalue weighted by Crippen LogP contribution is -2.17. The van der Waals surface area contributed by atoms with Gasteiger partial charge in [-0.1, -0.05) is 42.2 Å². The number of methoxy groups -OCH3 is 2. The highest BCUT2D eigenvalue weighted by molar-refractivity contribution is 8.26. The molecule has 0 aliphatic carbocycles. The SMILES string of the molecule is COc1cccc(OCCCOc2c(/C=C3/SC(=S)NC3=O)cccc2OC)c1. The molecule has 1 heterocycles. The van der Waals surface area contributed by atoms with Gasteiger partial charge in [-0.2, -0.15) is 0 Å². The Morgan fingerprint density at radius 1 is 1.03 bits per heavy atom. The van der Waals surface area contributed by atoms with Gasteiger partial charge in [0.25, 0.3) is 5.91 Å². The standard InChI is InChI=1S/C21H21NO5S2/c1-24-15-7-4-8-16(13-15)26-10-5-11-27-19-14(6-3-9-17(19)25-2)12-18-20(23)22-21(28)29-18/h3-4,6-9,12-13H,5,10-11H2,1-2H3,(H,22,23,28)/b18-12+. The molecule has 0 aromatic heterocycles. The predicted molar refractivity (Wildman–Crippen MR) is 118 cm³/mol. The number of ether oxygens (including phenoxy) is 4. The largest absolute Gasteiger partial charge is 0.497 e. The van der Waals surface area contributed by atoms with Gasteiger partial charge < -0.3 is 24.3 Å². The molecule has 29 heavy (non-hydrogen) atoms. The number of nitrogens with one attached hydrogen (secondary N) is 1. The minimum absolute atomic E-state index is 0.208. The van der Waals surface area contributed by atoms with Crippen LogP contribution in [0, 0.1) is 0 Å². The monoisotopic (exact) mass is 431 g/mol. The molecule has 1 aliphatic heterocycles. The van der Waals surface area contributed by atoms with E-state index in [4.69, 9.17) is 31.2 Å². The molecule has 0 spiro atoms. The highest BCUT2D eigenvalue weighted by atomic mass is 32.2. The van der Waals surface area contributed by atoms with E-state index >= 15 is 0 Å². The van der Waals surface area contributed by atoms with E-state index < -0.39 is 0 Å². The molecule has 0 saturated carbocycles. The van der Waals surface area contributed by atoms with Gasteiger partial charge in [0.1, 0.15) is 15.8 Å². The number of hydrogen-bond acceptors (Lipinski definition) is 7. The lowest BCUT2D eigenvalue weighted by atomic mass is 10.1. The summed E-state index contributed by atoms with van der Waals surface area (Å²) in [6.45, 7) is 0.920. The summed E-state index contributed by atoms with van der Waals surface area (Å²) >= 11 is 6.27. The first-order valence-electron chi connectivity index (χ1n) is 8.92. The number of benzene rings is 2. The summed E-state index contributed by atoms with van der Waals surface area (Å²) in [5.74, 6) is 2.46. The van der Waals surface area contributed by atoms with Crippen molar-refractivity contribution in [1.82, 2.24) is 5.32 Å². The molecule has 0 atom stereocenters. The van der Waals surface area contributed by atoms with Crippen LogP contribution in [0.15, 0.2) is 47.4 Å². The van der Waals surface area contributed by atoms with Crippen LogP contribution in [0.2, 0.25) is 0 Å². The van der Waals surface area contributed by atoms with Gasteiger partial charge in [0.15, 0.2) is 11.5 Å². The molecule has 152 valence electrons. The lowest BCUT2D eigenvalue weighted by Gasteiger charge is -2.14. The number of carbonyl (C=O) groups excluding carboxylic acids is 1. The number of para-hydroxylation sites is 1. The summed E-state index contributed by atoms with van der Waals surface area (Å²) in [5, 5.41) is 2.61. The summed E-state index contributed by atoms with van der Waals surface area (Å²) < 4.78 is 22.7. The predicted octanol–water partition coefficient (Wildman–Crippen LogP) is 4.04. The van der Waals surface area contributed by atoms with E-state index in [0.29, 0.717) is 40.4 Å². The molecule has 2 aromatic carbocycles. The Bertz CT molecular complexity index is 929. The fourth-order valence-electron chi connectivity index (χ4n) is 2.64. The third-order valence-corrected chi connectivity index (χ3v) is 5.17. The second-order valence-electron chi connectivity index (χ2n) is 5.96. The van der Waals surface area contributed by atoms with Crippen molar-refractivity contribution in [3.63, 3.8) is 0 Å². The zero-order valence-electron chi connectivity index (χ0n) is 16.1. The highest BCUT2D eigenvalue weighted by Crippen LogP contribution is 2.35. The van der Waals surface area contributed by atoms with E-state index in [1.54, 1.807) is 20.3 Å². The number of amides is 1. The molecule has 1 saturated heterocycles. The van der Waals surface area contributed by atoms with Gasteiger partial charge in [-0.05, 0) is 24.3 Å². The quantitative estimate of drug-likeness (QED) is 0.365. The number of rotatable bonds is 9. The van der Waals surface area contributed by atoms with Gasteiger partial charge in [0.2, 0.25) is 0 Å². The molecule has 1 N–H and O–H groups in total. The normalized spacial score (nSPS) is 14.6. The fraction of sp³-hybridized carbons (Fsp3) is 0.238. The minimum atomic E-state index is -0.208. The van der Waals surface area contributed by atoms with Gasteiger partial charge in [0, 0.05) is 18.1 Å². The fourth-order valence-corrected chi connectivity index (χ4v) is 3.67. The van der Waals surface area contributed by atoms with Crippen LogP contribution in [0.4, 0.5) is 0 Å². The Morgan fingerprint density at radius 3 is 2.52 bits per heavy atom. The maximum Gasteiger partial charge on any atom is 0.263 e. The van der Waals surface area contributed by atoms with E-state index in [9.17, 15) is 4.79 Å². The average molecular weight is 432 g/mol. The van der Waals surface area contributed by atoms with Crippen LogP contribution in [0.5, 0.6) is 23.0 Å². The lowest BCUT2D eigenvalue weighted by molar-refractivity contribution is -0.115. The van der Waals surface area contributed by atoms with Gasteiger partial charge in [-0.3, -0.25) is 4.79 Å². The van der Waals surface area contributed by atoms with Crippen LogP contribution in [0.1, 0.15) is 12.0 Å². The molecule has 1 aliphatic rings. The molecular weight excluding hydrogens is 410 g/mol. The second-order valence-corrected chi connectivity index (χ2v) is 7.68. The summed E-state index contributed by atoms with van der Waals surface area (Å²) in [4.78, 5) is 12.5. The van der Waals surface area contributed by atoms with Crippen LogP contribution in [0.3, 0.4) is 0 Å². The van der Waals surface area contributed by atoms with E-state index in [1.165, 1.54) is 11.8 Å². The first kappa shape index (κ1) is 21.0. The van der Waals surface area contributed by atoms with E-state index in [-0.39, 0.29) is 5.91 Å². The number of thioether (sulfide) groups is 1. The Balaban J connectivity index is 1.61. The zero-order chi connectivity index (χ0) is 20.6. The third kappa shape index (κ3) is 5.65. The Labute approximate surface area is 179 Å². The maximum absolute atomic E-state index is 11.9. The van der Waals surface area contributed by atoms with Crippen molar-refractivity contribution in [2.75, 3.05) is 27.4 Å². The van der Waals surface area contributed by atoms with Crippen molar-refractivity contribution in [3.8, 4) is 23.0 Å². The van der Waals surface area contributed by atoms with Crippen LogP contribution < -0.4 is 24.3 Å². The van der Waals surface area contributed by atoms with Gasteiger partial charge in [0.05, 0.1) is 32.3 Å². The Hall–Kier alpha value is -2.71. The maximum atomic E-state index is 11.9. The molecule has 0 unspecified atom stereocenters. The van der Waals surface area contributed by atoms with E-state index in [0.717, 1.165) is 17.1 Å². The van der Waals surface area contributed by atoms with Crippen LogP contribution in [-0.2, 0) is 4.79 Å². The molecule has 8 heteroatoms. The summed E-state index contributed by atoms with van der Waals surface area (Å²) in [5.41, 5.74) is 0.750. The first-order chi connectivity index (χ1) is 14.1. The van der Waals surface area contributed by atoms with Crippen LogP contribution >= 0.6 is 24.0 Å². The van der Waals surface area contributed by atoms with Gasteiger partial charge in [-0.15, -0.1) is 0 Å². The molecule has 0 radical (unpaired) electrons. The number of thiocarbonyl (C=S) groups is 1. The van der Waals surface area contributed by atoms with Gasteiger partial charge >= 0.3 is 0 Å². The third-order valence-electron chi connectivity index (χ3n) is 4.00. The van der Waals surface area contributed by atoms with Crippen molar-refractivity contribution in [2.45, 2.75) is 6.42 Å². The zero-order valence-corrected chi connectivity index (χ0v) is 17.7. The Kier molecular flexibility index (Phi) is 7.37. The average Bonchev–Trinajstić information content (AvgIpc) is 3.05. The molecule has 2 aromatic rings. The Morgan fingerprint density at radius 2 is 1.79 bits per heavy atom. The van der Waals surface area contributed by atoms with Crippen LogP contribution in [-0.4, -0.2) is 37.7 Å². The van der Waals surface area contributed by atoms with Crippen LogP contribution in [0.25, 0.3) is 6.08 Å². The topological polar surface area (TPSA) is 66.0 Å². The van der Waals surface area contributed by atoms with Crippen molar-refractivity contribution < 1.29 is 23.7 Å². The molecule has 1 amide bonds. The summed E-state index contributed by atoms with van der Waals surface area (Å²) in [7, 11) is 3.20. The summed E-state index contributed by atoms with van der Waals surface area (Å²) in [6, 6.07) is 13.0. The smallest absolute Gasteiger partial charge is 0.263 e. The summed E-state index contributed by atoms with van der Waals surface area (Å²) in [6.07, 6.45) is 2.43. The first-order valence-corrected chi connectivity index (χ1v) is 10.1. The molecule has 6 nitrogen and oxygen atoms in total. The highest BCUT2D eigenvalue weighted by Gasteiger charge is 2.23. The second kappa shape index (κ2) is 10.2. The molecule has 1 fully saturated rings. The van der Waals surface area contributed by atoms with Crippen molar-refractivity contribution >= 4 is 40.3 Å². The minimum Gasteiger partial charge on any atom is -0.497 e. The number of hydrogen-bond donors (Lipinski definition) is 1. The molecular formula is C21H21NO5S2. The van der Waals surface area contributed by atoms with Crippen molar-refractivity contribution in [3.05, 3.63) is 52.9 Å². The van der Waals surface area contributed by atoms with Gasteiger partial charge in [-0.25, -0.2) is 0 Å². The van der Waals surface area contributed by atoms with E-state index in [1.807, 2.05) is 42.5 Å². The van der Waals surface area contributed by atoms with E-state index in [2.05, 4.69) is 5.32 Å². The number of carbonyl (C=O) groups is 1.